The average Bonchev–Trinajstić information content (AvgIpc) is 2.99. The molecule has 8 heteroatoms. The summed E-state index contributed by atoms with van der Waals surface area (Å²) < 4.78 is 36.2. The summed E-state index contributed by atoms with van der Waals surface area (Å²) in [5.41, 5.74) is 9.05. The first-order valence-electron chi connectivity index (χ1n) is 13.4. The quantitative estimate of drug-likeness (QED) is 0.175. The summed E-state index contributed by atoms with van der Waals surface area (Å²) >= 11 is 0. The van der Waals surface area contributed by atoms with Crippen LogP contribution < -0.4 is 24.7 Å². The number of carbonyl (C=O) groups is 1. The van der Waals surface area contributed by atoms with Crippen LogP contribution in [0.3, 0.4) is 0 Å². The van der Waals surface area contributed by atoms with Gasteiger partial charge in [-0.05, 0) is 71.6 Å². The van der Waals surface area contributed by atoms with Gasteiger partial charge in [-0.3, -0.25) is 0 Å². The third-order valence-corrected chi connectivity index (χ3v) is 6.58. The van der Waals surface area contributed by atoms with Gasteiger partial charge in [0.2, 0.25) is 5.88 Å². The molecule has 1 heterocycles. The number of fused-ring (bicyclic) bond motifs is 1. The average molecular weight is 565 g/mol. The normalized spacial score (nSPS) is 14.0. The summed E-state index contributed by atoms with van der Waals surface area (Å²) in [4.78, 5) is 12.8. The Labute approximate surface area is 243 Å². The molecule has 0 fully saturated rings. The van der Waals surface area contributed by atoms with Gasteiger partial charge in [-0.25, -0.2) is 9.18 Å². The minimum atomic E-state index is -0.537. The SMILES string of the molecule is CC(C)COc1ccc(C(=O)Oc2ccc3c(c2)OC(N)=C(C#N)C3c2cccc(OCc3ccc(F)cc3)c2)cc1. The maximum atomic E-state index is 13.2. The third-order valence-electron chi connectivity index (χ3n) is 6.58. The fourth-order valence-electron chi connectivity index (χ4n) is 4.49. The van der Waals surface area contributed by atoms with E-state index in [1.807, 2.05) is 18.2 Å². The molecule has 0 saturated heterocycles. The molecule has 1 atom stereocenters. The van der Waals surface area contributed by atoms with Crippen molar-refractivity contribution in [1.82, 2.24) is 0 Å². The molecule has 4 aromatic rings. The van der Waals surface area contributed by atoms with Gasteiger partial charge in [0.05, 0.1) is 18.1 Å². The molecule has 1 unspecified atom stereocenters. The molecule has 42 heavy (non-hydrogen) atoms. The highest BCUT2D eigenvalue weighted by Gasteiger charge is 2.31. The number of benzene rings is 4. The fourth-order valence-corrected chi connectivity index (χ4v) is 4.49. The first-order chi connectivity index (χ1) is 20.3. The van der Waals surface area contributed by atoms with Crippen molar-refractivity contribution in [2.24, 2.45) is 11.7 Å². The lowest BCUT2D eigenvalue weighted by molar-refractivity contribution is 0.0734. The van der Waals surface area contributed by atoms with Gasteiger partial charge < -0.3 is 24.7 Å². The number of carbonyl (C=O) groups excluding carboxylic acids is 1. The number of nitrogens with zero attached hydrogens (tertiary/aromatic N) is 1. The second-order valence-electron chi connectivity index (χ2n) is 10.2. The van der Waals surface area contributed by atoms with Crippen LogP contribution in [0.5, 0.6) is 23.0 Å². The Bertz CT molecular complexity index is 1660. The van der Waals surface area contributed by atoms with Crippen molar-refractivity contribution in [2.75, 3.05) is 6.61 Å². The number of ether oxygens (including phenoxy) is 4. The lowest BCUT2D eigenvalue weighted by Gasteiger charge is -2.27. The van der Waals surface area contributed by atoms with Crippen molar-refractivity contribution >= 4 is 5.97 Å². The molecule has 0 aliphatic carbocycles. The minimum Gasteiger partial charge on any atom is -0.493 e. The summed E-state index contributed by atoms with van der Waals surface area (Å²) in [7, 11) is 0. The van der Waals surface area contributed by atoms with Crippen LogP contribution >= 0.6 is 0 Å². The van der Waals surface area contributed by atoms with Gasteiger partial charge >= 0.3 is 5.97 Å². The molecule has 4 aromatic carbocycles. The molecule has 0 amide bonds. The lowest BCUT2D eigenvalue weighted by Crippen LogP contribution is -2.21. The number of nitriles is 1. The van der Waals surface area contributed by atoms with Crippen molar-refractivity contribution in [3.05, 3.63) is 131 Å². The summed E-state index contributed by atoms with van der Waals surface area (Å²) in [6.07, 6.45) is 0. The summed E-state index contributed by atoms with van der Waals surface area (Å²) in [5.74, 6) is 0.861. The van der Waals surface area contributed by atoms with Crippen molar-refractivity contribution in [2.45, 2.75) is 26.4 Å². The van der Waals surface area contributed by atoms with E-state index >= 15 is 0 Å². The number of rotatable bonds is 9. The topological polar surface area (TPSA) is 104 Å². The Kier molecular flexibility index (Phi) is 8.39. The Balaban J connectivity index is 1.35. The molecule has 7 nitrogen and oxygen atoms in total. The number of allylic oxidation sites excluding steroid dienone is 1. The van der Waals surface area contributed by atoms with E-state index in [1.54, 1.807) is 60.7 Å². The van der Waals surface area contributed by atoms with Crippen molar-refractivity contribution in [1.29, 1.82) is 5.26 Å². The lowest BCUT2D eigenvalue weighted by atomic mass is 9.83. The Morgan fingerprint density at radius 2 is 1.69 bits per heavy atom. The number of esters is 1. The highest BCUT2D eigenvalue weighted by molar-refractivity contribution is 5.91. The van der Waals surface area contributed by atoms with E-state index in [0.29, 0.717) is 40.9 Å². The number of nitrogens with two attached hydrogens (primary N) is 1. The van der Waals surface area contributed by atoms with Gasteiger partial charge in [-0.15, -0.1) is 0 Å². The number of halogens is 1. The van der Waals surface area contributed by atoms with E-state index in [-0.39, 0.29) is 29.6 Å². The van der Waals surface area contributed by atoms with Crippen LogP contribution in [0.4, 0.5) is 4.39 Å². The highest BCUT2D eigenvalue weighted by atomic mass is 19.1. The summed E-state index contributed by atoms with van der Waals surface area (Å²) in [5, 5.41) is 9.93. The Morgan fingerprint density at radius 3 is 2.40 bits per heavy atom. The Hall–Kier alpha value is -5.29. The minimum absolute atomic E-state index is 0.0342. The van der Waals surface area contributed by atoms with Crippen molar-refractivity contribution < 1.29 is 28.1 Å². The van der Waals surface area contributed by atoms with Crippen LogP contribution in [0.15, 0.2) is 102 Å². The van der Waals surface area contributed by atoms with E-state index in [9.17, 15) is 14.4 Å². The molecule has 212 valence electrons. The van der Waals surface area contributed by atoms with Gasteiger partial charge in [0.15, 0.2) is 0 Å². The molecule has 1 aliphatic heterocycles. The first kappa shape index (κ1) is 28.2. The molecule has 0 bridgehead atoms. The summed E-state index contributed by atoms with van der Waals surface area (Å²) in [6.45, 7) is 4.95. The van der Waals surface area contributed by atoms with Crippen LogP contribution in [0.1, 0.15) is 46.8 Å². The van der Waals surface area contributed by atoms with Gasteiger partial charge in [0.25, 0.3) is 0 Å². The molecule has 5 rings (SSSR count). The molecular weight excluding hydrogens is 535 g/mol. The zero-order valence-corrected chi connectivity index (χ0v) is 23.2. The zero-order valence-electron chi connectivity index (χ0n) is 23.2. The maximum absolute atomic E-state index is 13.2. The second kappa shape index (κ2) is 12.5. The van der Waals surface area contributed by atoms with E-state index in [1.165, 1.54) is 12.1 Å². The standard InChI is InChI=1S/C34H29FN2O5/c1-21(2)19-39-26-12-8-23(9-13-26)34(38)41-28-14-15-29-31(17-28)42-33(37)30(18-36)32(29)24-4-3-5-27(16-24)40-20-22-6-10-25(35)11-7-22/h3-17,21,32H,19-20,37H2,1-2H3. The smallest absolute Gasteiger partial charge is 0.343 e. The number of hydrogen-bond acceptors (Lipinski definition) is 7. The highest BCUT2D eigenvalue weighted by Crippen LogP contribution is 2.44. The van der Waals surface area contributed by atoms with Gasteiger partial charge in [-0.2, -0.15) is 5.26 Å². The molecule has 0 radical (unpaired) electrons. The Morgan fingerprint density at radius 1 is 0.952 bits per heavy atom. The predicted octanol–water partition coefficient (Wildman–Crippen LogP) is 6.88. The molecule has 2 N–H and O–H groups in total. The molecule has 1 aliphatic rings. The summed E-state index contributed by atoms with van der Waals surface area (Å²) in [6, 6.07) is 27.3. The molecule has 0 saturated carbocycles. The van der Waals surface area contributed by atoms with Crippen LogP contribution in [-0.2, 0) is 6.61 Å². The fraction of sp³-hybridized carbons (Fsp3) is 0.176. The zero-order chi connectivity index (χ0) is 29.6. The largest absolute Gasteiger partial charge is 0.493 e. The molecule has 0 aromatic heterocycles. The van der Waals surface area contributed by atoms with E-state index < -0.39 is 11.9 Å². The first-order valence-corrected chi connectivity index (χ1v) is 13.4. The van der Waals surface area contributed by atoms with Gasteiger partial charge in [-0.1, -0.05) is 44.2 Å². The van der Waals surface area contributed by atoms with E-state index in [4.69, 9.17) is 24.7 Å². The van der Waals surface area contributed by atoms with Crippen LogP contribution in [0.2, 0.25) is 0 Å². The van der Waals surface area contributed by atoms with Gasteiger partial charge in [0.1, 0.15) is 47.1 Å². The van der Waals surface area contributed by atoms with Crippen LogP contribution in [0.25, 0.3) is 0 Å². The monoisotopic (exact) mass is 564 g/mol. The third kappa shape index (κ3) is 6.53. The van der Waals surface area contributed by atoms with Gasteiger partial charge in [0, 0.05) is 11.6 Å². The number of hydrogen-bond donors (Lipinski definition) is 1. The van der Waals surface area contributed by atoms with E-state index in [0.717, 1.165) is 11.1 Å². The van der Waals surface area contributed by atoms with E-state index in [2.05, 4.69) is 19.9 Å². The van der Waals surface area contributed by atoms with Crippen LogP contribution in [-0.4, -0.2) is 12.6 Å². The molecular formula is C34H29FN2O5. The predicted molar refractivity (Wildman–Crippen MR) is 155 cm³/mol. The second-order valence-corrected chi connectivity index (χ2v) is 10.2. The van der Waals surface area contributed by atoms with Crippen molar-refractivity contribution in [3.63, 3.8) is 0 Å². The van der Waals surface area contributed by atoms with Crippen molar-refractivity contribution in [3.8, 4) is 29.1 Å². The maximum Gasteiger partial charge on any atom is 0.343 e. The van der Waals surface area contributed by atoms with Crippen LogP contribution in [0, 0.1) is 23.1 Å². The molecule has 0 spiro atoms.